The Labute approximate surface area is 129 Å². The molecule has 0 saturated heterocycles. The van der Waals surface area contributed by atoms with Crippen LogP contribution in [0.15, 0.2) is 59.8 Å². The van der Waals surface area contributed by atoms with Crippen molar-refractivity contribution in [3.8, 4) is 5.75 Å². The Morgan fingerprint density at radius 1 is 1.10 bits per heavy atom. The minimum atomic E-state index is -0.00401. The molecule has 3 nitrogen and oxygen atoms in total. The number of hydrogen-bond acceptors (Lipinski definition) is 3. The summed E-state index contributed by atoms with van der Waals surface area (Å²) < 4.78 is 5.76. The second-order valence-corrected chi connectivity index (χ2v) is 5.23. The molecule has 0 bridgehead atoms. The molecule has 0 saturated carbocycles. The van der Waals surface area contributed by atoms with Crippen LogP contribution in [0.2, 0.25) is 0 Å². The Kier molecular flexibility index (Phi) is 4.41. The zero-order valence-electron chi connectivity index (χ0n) is 11.5. The molecule has 1 aliphatic heterocycles. The van der Waals surface area contributed by atoms with Crippen LogP contribution in [0.5, 0.6) is 5.75 Å². The summed E-state index contributed by atoms with van der Waals surface area (Å²) in [6, 6.07) is 18.0. The van der Waals surface area contributed by atoms with Gasteiger partial charge in [-0.2, -0.15) is 0 Å². The van der Waals surface area contributed by atoms with Gasteiger partial charge < -0.3 is 9.57 Å². The van der Waals surface area contributed by atoms with Gasteiger partial charge in [0.05, 0.1) is 11.6 Å². The third-order valence-corrected chi connectivity index (χ3v) is 3.69. The molecule has 1 atom stereocenters. The van der Waals surface area contributed by atoms with Gasteiger partial charge in [-0.25, -0.2) is 0 Å². The lowest BCUT2D eigenvalue weighted by Crippen LogP contribution is -2.09. The highest BCUT2D eigenvalue weighted by atomic mass is 35.5. The second-order valence-electron chi connectivity index (χ2n) is 4.92. The zero-order chi connectivity index (χ0) is 14.5. The molecule has 0 aromatic heterocycles. The molecule has 0 aliphatic carbocycles. The van der Waals surface area contributed by atoms with Crippen molar-refractivity contribution in [1.29, 1.82) is 0 Å². The molecule has 2 aromatic carbocycles. The Morgan fingerprint density at radius 3 is 2.52 bits per heavy atom. The van der Waals surface area contributed by atoms with Crippen molar-refractivity contribution in [3.05, 3.63) is 65.7 Å². The van der Waals surface area contributed by atoms with Crippen LogP contribution in [-0.4, -0.2) is 17.7 Å². The van der Waals surface area contributed by atoms with Crippen molar-refractivity contribution in [2.24, 2.45) is 5.16 Å². The highest BCUT2D eigenvalue weighted by Gasteiger charge is 2.20. The van der Waals surface area contributed by atoms with Crippen LogP contribution in [0.3, 0.4) is 0 Å². The van der Waals surface area contributed by atoms with Gasteiger partial charge >= 0.3 is 0 Å². The summed E-state index contributed by atoms with van der Waals surface area (Å²) in [5.41, 5.74) is 3.14. The van der Waals surface area contributed by atoms with Crippen molar-refractivity contribution in [2.45, 2.75) is 19.1 Å². The van der Waals surface area contributed by atoms with Crippen molar-refractivity contribution in [3.63, 3.8) is 0 Å². The van der Waals surface area contributed by atoms with E-state index in [2.05, 4.69) is 5.16 Å². The van der Waals surface area contributed by atoms with Gasteiger partial charge in [0.15, 0.2) is 0 Å². The van der Waals surface area contributed by atoms with Gasteiger partial charge in [0, 0.05) is 6.42 Å². The largest absolute Gasteiger partial charge is 0.489 e. The van der Waals surface area contributed by atoms with Crippen molar-refractivity contribution < 1.29 is 9.57 Å². The molecule has 0 N–H and O–H groups in total. The summed E-state index contributed by atoms with van der Waals surface area (Å²) in [6.45, 7) is 0.568. The molecule has 2 aromatic rings. The Hall–Kier alpha value is -2.00. The van der Waals surface area contributed by atoms with Crippen molar-refractivity contribution in [1.82, 2.24) is 0 Å². The Balaban J connectivity index is 1.60. The molecule has 0 radical (unpaired) electrons. The molecule has 0 spiro atoms. The molecule has 108 valence electrons. The first-order valence-corrected chi connectivity index (χ1v) is 7.44. The minimum absolute atomic E-state index is 0.00401. The smallest absolute Gasteiger partial charge is 0.146 e. The van der Waals surface area contributed by atoms with Gasteiger partial charge in [-0.05, 0) is 35.4 Å². The molecule has 1 aliphatic rings. The lowest BCUT2D eigenvalue weighted by molar-refractivity contribution is 0.102. The van der Waals surface area contributed by atoms with E-state index in [1.807, 2.05) is 54.6 Å². The summed E-state index contributed by atoms with van der Waals surface area (Å²) in [7, 11) is 0. The first kappa shape index (κ1) is 14.0. The predicted octanol–water partition coefficient (Wildman–Crippen LogP) is 4.00. The molecular weight excluding hydrogens is 286 g/mol. The average molecular weight is 302 g/mol. The third-order valence-electron chi connectivity index (χ3n) is 3.34. The molecule has 0 fully saturated rings. The molecule has 4 heteroatoms. The van der Waals surface area contributed by atoms with E-state index in [1.54, 1.807) is 0 Å². The fourth-order valence-electron chi connectivity index (χ4n) is 2.17. The molecule has 0 amide bonds. The first-order chi connectivity index (χ1) is 10.3. The zero-order valence-corrected chi connectivity index (χ0v) is 12.3. The highest BCUT2D eigenvalue weighted by molar-refractivity contribution is 6.18. The van der Waals surface area contributed by atoms with Gasteiger partial charge in [0.1, 0.15) is 18.5 Å². The number of benzene rings is 2. The number of oxime groups is 1. The van der Waals surface area contributed by atoms with E-state index in [0.29, 0.717) is 12.5 Å². The fourth-order valence-corrected chi connectivity index (χ4v) is 2.33. The van der Waals surface area contributed by atoms with Crippen LogP contribution in [-0.2, 0) is 11.4 Å². The topological polar surface area (TPSA) is 30.8 Å². The molecule has 3 rings (SSSR count). The van der Waals surface area contributed by atoms with Crippen molar-refractivity contribution >= 4 is 17.3 Å². The van der Waals surface area contributed by atoms with Gasteiger partial charge in [-0.15, -0.1) is 11.6 Å². The fraction of sp³-hybridized carbons (Fsp3) is 0.235. The number of alkyl halides is 1. The van der Waals surface area contributed by atoms with E-state index in [9.17, 15) is 0 Å². The summed E-state index contributed by atoms with van der Waals surface area (Å²) >= 11 is 5.77. The van der Waals surface area contributed by atoms with E-state index < -0.39 is 0 Å². The predicted molar refractivity (Wildman–Crippen MR) is 84.0 cm³/mol. The molecule has 21 heavy (non-hydrogen) atoms. The van der Waals surface area contributed by atoms with E-state index in [-0.39, 0.29) is 6.10 Å². The normalized spacial score (nSPS) is 17.2. The lowest BCUT2D eigenvalue weighted by Gasteiger charge is -2.07. The first-order valence-electron chi connectivity index (χ1n) is 6.91. The quantitative estimate of drug-likeness (QED) is 0.782. The van der Waals surface area contributed by atoms with Crippen LogP contribution in [0.25, 0.3) is 0 Å². The maximum absolute atomic E-state index is 5.77. The van der Waals surface area contributed by atoms with Gasteiger partial charge in [-0.3, -0.25) is 0 Å². The van der Waals surface area contributed by atoms with Crippen LogP contribution in [0.1, 0.15) is 17.5 Å². The lowest BCUT2D eigenvalue weighted by atomic mass is 10.1. The summed E-state index contributed by atoms with van der Waals surface area (Å²) in [4.78, 5) is 5.23. The molecule has 1 heterocycles. The SMILES string of the molecule is ClCC1CC(c2ccc(OCc3ccccc3)cc2)=NO1. The van der Waals surface area contributed by atoms with Gasteiger partial charge in [0.25, 0.3) is 0 Å². The third kappa shape index (κ3) is 3.56. The summed E-state index contributed by atoms with van der Waals surface area (Å²) in [6.07, 6.45) is 0.754. The monoisotopic (exact) mass is 301 g/mol. The second kappa shape index (κ2) is 6.64. The van der Waals surface area contributed by atoms with E-state index in [0.717, 1.165) is 29.0 Å². The number of nitrogens with zero attached hydrogens (tertiary/aromatic N) is 1. The standard InChI is InChI=1S/C17H16ClNO2/c18-11-16-10-17(19-21-16)14-6-8-15(9-7-14)20-12-13-4-2-1-3-5-13/h1-9,16H,10-12H2. The van der Waals surface area contributed by atoms with E-state index >= 15 is 0 Å². The maximum Gasteiger partial charge on any atom is 0.146 e. The highest BCUT2D eigenvalue weighted by Crippen LogP contribution is 2.20. The Morgan fingerprint density at radius 2 is 1.86 bits per heavy atom. The van der Waals surface area contributed by atoms with Crippen LogP contribution in [0.4, 0.5) is 0 Å². The van der Waals surface area contributed by atoms with E-state index in [1.165, 1.54) is 0 Å². The summed E-state index contributed by atoms with van der Waals surface area (Å²) in [5.74, 6) is 1.31. The summed E-state index contributed by atoms with van der Waals surface area (Å²) in [5, 5.41) is 4.07. The van der Waals surface area contributed by atoms with Crippen LogP contribution in [0, 0.1) is 0 Å². The molecule has 1 unspecified atom stereocenters. The van der Waals surface area contributed by atoms with Gasteiger partial charge in [-0.1, -0.05) is 35.5 Å². The van der Waals surface area contributed by atoms with Crippen LogP contribution >= 0.6 is 11.6 Å². The maximum atomic E-state index is 5.77. The minimum Gasteiger partial charge on any atom is -0.489 e. The van der Waals surface area contributed by atoms with E-state index in [4.69, 9.17) is 21.2 Å². The number of ether oxygens (including phenoxy) is 1. The van der Waals surface area contributed by atoms with Crippen molar-refractivity contribution in [2.75, 3.05) is 5.88 Å². The number of rotatable bonds is 5. The number of hydrogen-bond donors (Lipinski definition) is 0. The van der Waals surface area contributed by atoms with Gasteiger partial charge in [0.2, 0.25) is 0 Å². The van der Waals surface area contributed by atoms with Crippen LogP contribution < -0.4 is 4.74 Å². The average Bonchev–Trinajstić information content (AvgIpc) is 3.03. The molecular formula is C17H16ClNO2. The number of halogens is 1. The Bertz CT molecular complexity index is 610.